The van der Waals surface area contributed by atoms with Crippen LogP contribution in [-0.4, -0.2) is 42.6 Å². The Kier molecular flexibility index (Phi) is 5.11. The van der Waals surface area contributed by atoms with Gasteiger partial charge >= 0.3 is 5.97 Å². The van der Waals surface area contributed by atoms with E-state index in [1.54, 1.807) is 25.9 Å². The molecule has 1 unspecified atom stereocenters. The number of hydrogen-bond acceptors (Lipinski definition) is 4. The largest absolute Gasteiger partial charge is 0.478 e. The SMILES string of the molecule is CNC(=O)C(C)CN(C)c1cc(C(=O)O)cc(Cl)n1. The van der Waals surface area contributed by atoms with Gasteiger partial charge in [0.1, 0.15) is 11.0 Å². The van der Waals surface area contributed by atoms with Gasteiger partial charge in [-0.15, -0.1) is 0 Å². The van der Waals surface area contributed by atoms with Crippen molar-refractivity contribution in [1.82, 2.24) is 10.3 Å². The van der Waals surface area contributed by atoms with E-state index in [4.69, 9.17) is 16.7 Å². The highest BCUT2D eigenvalue weighted by Gasteiger charge is 2.16. The molecule has 19 heavy (non-hydrogen) atoms. The number of carbonyl (C=O) groups excluding carboxylic acids is 1. The summed E-state index contributed by atoms with van der Waals surface area (Å²) in [6, 6.07) is 2.70. The highest BCUT2D eigenvalue weighted by atomic mass is 35.5. The summed E-state index contributed by atoms with van der Waals surface area (Å²) in [6.45, 7) is 2.18. The molecule has 1 amide bonds. The molecule has 6 nitrogen and oxygen atoms in total. The van der Waals surface area contributed by atoms with Gasteiger partial charge < -0.3 is 15.3 Å². The summed E-state index contributed by atoms with van der Waals surface area (Å²) in [5.41, 5.74) is 0.0643. The monoisotopic (exact) mass is 285 g/mol. The zero-order chi connectivity index (χ0) is 14.6. The molecule has 1 aromatic heterocycles. The minimum absolute atomic E-state index is 0.0643. The normalized spacial score (nSPS) is 11.8. The van der Waals surface area contributed by atoms with E-state index in [9.17, 15) is 9.59 Å². The molecule has 0 fully saturated rings. The predicted octanol–water partition coefficient (Wildman–Crippen LogP) is 1.25. The van der Waals surface area contributed by atoms with Crippen molar-refractivity contribution >= 4 is 29.3 Å². The Morgan fingerprint density at radius 1 is 1.53 bits per heavy atom. The van der Waals surface area contributed by atoms with E-state index in [0.717, 1.165) is 0 Å². The number of aromatic nitrogens is 1. The summed E-state index contributed by atoms with van der Waals surface area (Å²) in [5, 5.41) is 11.6. The van der Waals surface area contributed by atoms with Gasteiger partial charge in [-0.3, -0.25) is 4.79 Å². The zero-order valence-corrected chi connectivity index (χ0v) is 11.7. The number of carbonyl (C=O) groups is 2. The highest BCUT2D eigenvalue weighted by molar-refractivity contribution is 6.29. The molecule has 0 spiro atoms. The third-order valence-electron chi connectivity index (χ3n) is 2.66. The molecular weight excluding hydrogens is 270 g/mol. The number of pyridine rings is 1. The molecule has 0 aromatic carbocycles. The van der Waals surface area contributed by atoms with Gasteiger partial charge in [-0.05, 0) is 12.1 Å². The summed E-state index contributed by atoms with van der Waals surface area (Å²) < 4.78 is 0. The van der Waals surface area contributed by atoms with Gasteiger partial charge in [-0.25, -0.2) is 9.78 Å². The van der Waals surface area contributed by atoms with Crippen LogP contribution >= 0.6 is 11.6 Å². The van der Waals surface area contributed by atoms with Crippen molar-refractivity contribution in [2.24, 2.45) is 5.92 Å². The van der Waals surface area contributed by atoms with Crippen LogP contribution in [0, 0.1) is 5.92 Å². The molecule has 2 N–H and O–H groups in total. The lowest BCUT2D eigenvalue weighted by atomic mass is 10.1. The molecule has 104 valence electrons. The molecule has 0 saturated heterocycles. The van der Waals surface area contributed by atoms with E-state index in [2.05, 4.69) is 10.3 Å². The van der Waals surface area contributed by atoms with Gasteiger partial charge in [0.15, 0.2) is 0 Å². The van der Waals surface area contributed by atoms with Crippen LogP contribution in [0.5, 0.6) is 0 Å². The first-order valence-corrected chi connectivity index (χ1v) is 6.06. The van der Waals surface area contributed by atoms with Gasteiger partial charge in [-0.2, -0.15) is 0 Å². The fourth-order valence-electron chi connectivity index (χ4n) is 1.64. The average molecular weight is 286 g/mol. The number of anilines is 1. The molecule has 1 aromatic rings. The fourth-order valence-corrected chi connectivity index (χ4v) is 1.84. The van der Waals surface area contributed by atoms with Crippen LogP contribution < -0.4 is 10.2 Å². The van der Waals surface area contributed by atoms with Crippen molar-refractivity contribution in [1.29, 1.82) is 0 Å². The van der Waals surface area contributed by atoms with Crippen LogP contribution in [0.3, 0.4) is 0 Å². The summed E-state index contributed by atoms with van der Waals surface area (Å²) in [7, 11) is 3.29. The lowest BCUT2D eigenvalue weighted by molar-refractivity contribution is -0.123. The van der Waals surface area contributed by atoms with Gasteiger partial charge in [0.05, 0.1) is 11.5 Å². The van der Waals surface area contributed by atoms with Crippen molar-refractivity contribution < 1.29 is 14.7 Å². The first-order valence-electron chi connectivity index (χ1n) is 5.68. The van der Waals surface area contributed by atoms with Crippen molar-refractivity contribution in [2.45, 2.75) is 6.92 Å². The molecule has 0 aliphatic carbocycles. The van der Waals surface area contributed by atoms with Crippen molar-refractivity contribution in [3.63, 3.8) is 0 Å². The highest BCUT2D eigenvalue weighted by Crippen LogP contribution is 2.18. The summed E-state index contributed by atoms with van der Waals surface area (Å²) in [6.07, 6.45) is 0. The molecule has 0 aliphatic rings. The van der Waals surface area contributed by atoms with Crippen LogP contribution in [0.15, 0.2) is 12.1 Å². The molecule has 0 bridgehead atoms. The number of carboxylic acids is 1. The van der Waals surface area contributed by atoms with Crippen LogP contribution in [0.1, 0.15) is 17.3 Å². The number of aromatic carboxylic acids is 1. The second-order valence-corrected chi connectivity index (χ2v) is 4.62. The standard InChI is InChI=1S/C12H16ClN3O3/c1-7(11(17)14-2)6-16(3)10-5-8(12(18)19)4-9(13)15-10/h4-5,7H,6H2,1-3H3,(H,14,17)(H,18,19). The topological polar surface area (TPSA) is 82.5 Å². The van der Waals surface area contributed by atoms with Gasteiger partial charge in [-0.1, -0.05) is 18.5 Å². The molecule has 7 heteroatoms. The smallest absolute Gasteiger partial charge is 0.335 e. The van der Waals surface area contributed by atoms with Crippen LogP contribution in [0.4, 0.5) is 5.82 Å². The minimum Gasteiger partial charge on any atom is -0.478 e. The second kappa shape index (κ2) is 6.38. The van der Waals surface area contributed by atoms with E-state index in [0.29, 0.717) is 12.4 Å². The fraction of sp³-hybridized carbons (Fsp3) is 0.417. The van der Waals surface area contributed by atoms with E-state index >= 15 is 0 Å². The molecule has 0 saturated carbocycles. The first kappa shape index (κ1) is 15.2. The Bertz CT molecular complexity index is 493. The van der Waals surface area contributed by atoms with Gasteiger partial charge in [0, 0.05) is 20.6 Å². The Hall–Kier alpha value is -1.82. The number of amides is 1. The molecule has 1 heterocycles. The summed E-state index contributed by atoms with van der Waals surface area (Å²) >= 11 is 5.78. The molecule has 0 radical (unpaired) electrons. The minimum atomic E-state index is -1.07. The predicted molar refractivity (Wildman–Crippen MR) is 72.7 cm³/mol. The van der Waals surface area contributed by atoms with Gasteiger partial charge in [0.25, 0.3) is 0 Å². The quantitative estimate of drug-likeness (QED) is 0.796. The Morgan fingerprint density at radius 2 is 2.16 bits per heavy atom. The number of hydrogen-bond donors (Lipinski definition) is 2. The third-order valence-corrected chi connectivity index (χ3v) is 2.85. The van der Waals surface area contributed by atoms with Crippen LogP contribution in [0.25, 0.3) is 0 Å². The second-order valence-electron chi connectivity index (χ2n) is 4.24. The van der Waals surface area contributed by atoms with E-state index < -0.39 is 5.97 Å². The number of rotatable bonds is 5. The maximum atomic E-state index is 11.4. The van der Waals surface area contributed by atoms with Crippen LogP contribution in [-0.2, 0) is 4.79 Å². The molecular formula is C12H16ClN3O3. The Labute approximate surface area is 116 Å². The maximum absolute atomic E-state index is 11.4. The average Bonchev–Trinajstić information content (AvgIpc) is 2.36. The Morgan fingerprint density at radius 3 is 2.68 bits per heavy atom. The number of carboxylic acid groups (broad SMARTS) is 1. The summed E-state index contributed by atoms with van der Waals surface area (Å²) in [5.74, 6) is -0.990. The first-order chi connectivity index (χ1) is 8.85. The lowest BCUT2D eigenvalue weighted by Gasteiger charge is -2.22. The van der Waals surface area contributed by atoms with Crippen molar-refractivity contribution in [2.75, 3.05) is 25.5 Å². The van der Waals surface area contributed by atoms with Crippen LogP contribution in [0.2, 0.25) is 5.15 Å². The third kappa shape index (κ3) is 4.10. The van der Waals surface area contributed by atoms with Crippen molar-refractivity contribution in [3.05, 3.63) is 22.8 Å². The number of halogens is 1. The molecule has 1 atom stereocenters. The Balaban J connectivity index is 2.90. The zero-order valence-electron chi connectivity index (χ0n) is 11.0. The summed E-state index contributed by atoms with van der Waals surface area (Å²) in [4.78, 5) is 28.1. The van der Waals surface area contributed by atoms with Crippen molar-refractivity contribution in [3.8, 4) is 0 Å². The molecule has 1 rings (SSSR count). The van der Waals surface area contributed by atoms with E-state index in [1.807, 2.05) is 0 Å². The number of nitrogens with zero attached hydrogens (tertiary/aromatic N) is 2. The lowest BCUT2D eigenvalue weighted by Crippen LogP contribution is -2.34. The number of nitrogens with one attached hydrogen (secondary N) is 1. The van der Waals surface area contributed by atoms with Gasteiger partial charge in [0.2, 0.25) is 5.91 Å². The van der Waals surface area contributed by atoms with E-state index in [-0.39, 0.29) is 22.5 Å². The maximum Gasteiger partial charge on any atom is 0.335 e. The molecule has 0 aliphatic heterocycles. The van der Waals surface area contributed by atoms with E-state index in [1.165, 1.54) is 12.1 Å².